The Labute approximate surface area is 170 Å². The molecule has 1 saturated carbocycles. The highest BCUT2D eigenvalue weighted by Gasteiger charge is 2.39. The van der Waals surface area contributed by atoms with Crippen molar-refractivity contribution in [2.45, 2.75) is 57.5 Å². The second-order valence-corrected chi connectivity index (χ2v) is 8.58. The van der Waals surface area contributed by atoms with Gasteiger partial charge in [-0.2, -0.15) is 0 Å². The van der Waals surface area contributed by atoms with E-state index in [0.29, 0.717) is 43.3 Å². The van der Waals surface area contributed by atoms with Gasteiger partial charge in [0.1, 0.15) is 11.7 Å². The maximum absolute atomic E-state index is 13.3. The number of amides is 3. The molecule has 1 aromatic heterocycles. The first kappa shape index (κ1) is 19.7. The van der Waals surface area contributed by atoms with Gasteiger partial charge < -0.3 is 25.9 Å². The van der Waals surface area contributed by atoms with E-state index in [4.69, 9.17) is 5.41 Å². The maximum atomic E-state index is 13.3. The molecule has 4 rings (SSSR count). The SMILES string of the molecule is CC(=N)[C@H](C[C@@H]1CCNC1=O)NC(=O)[C@H](CC1CC1)N1CCc2cc[nH]c2C1=O. The second kappa shape index (κ2) is 8.00. The number of hydrogen-bond acceptors (Lipinski definition) is 4. The summed E-state index contributed by atoms with van der Waals surface area (Å²) in [5, 5.41) is 13.9. The fourth-order valence-corrected chi connectivity index (χ4v) is 4.40. The summed E-state index contributed by atoms with van der Waals surface area (Å²) in [4.78, 5) is 42.9. The van der Waals surface area contributed by atoms with E-state index in [1.165, 1.54) is 0 Å². The molecule has 4 N–H and O–H groups in total. The topological polar surface area (TPSA) is 118 Å². The Bertz CT molecular complexity index is 828. The first-order valence-electron chi connectivity index (χ1n) is 10.5. The molecule has 0 aromatic carbocycles. The molecule has 3 aliphatic rings. The molecule has 3 heterocycles. The van der Waals surface area contributed by atoms with Crippen molar-refractivity contribution in [3.8, 4) is 0 Å². The maximum Gasteiger partial charge on any atom is 0.271 e. The third-order valence-electron chi connectivity index (χ3n) is 6.38. The van der Waals surface area contributed by atoms with E-state index < -0.39 is 12.1 Å². The molecule has 3 atom stereocenters. The van der Waals surface area contributed by atoms with Gasteiger partial charge in [-0.05, 0) is 50.2 Å². The average Bonchev–Trinajstić information content (AvgIpc) is 3.21. The van der Waals surface area contributed by atoms with Crippen molar-refractivity contribution in [1.29, 1.82) is 5.41 Å². The molecular weight excluding hydrogens is 370 g/mol. The minimum Gasteiger partial charge on any atom is -0.357 e. The van der Waals surface area contributed by atoms with E-state index in [1.807, 2.05) is 6.07 Å². The molecule has 8 heteroatoms. The van der Waals surface area contributed by atoms with Crippen LogP contribution in [0.5, 0.6) is 0 Å². The molecule has 8 nitrogen and oxygen atoms in total. The van der Waals surface area contributed by atoms with Gasteiger partial charge in [0.15, 0.2) is 0 Å². The Morgan fingerprint density at radius 3 is 2.76 bits per heavy atom. The van der Waals surface area contributed by atoms with E-state index in [9.17, 15) is 14.4 Å². The molecule has 0 unspecified atom stereocenters. The molecule has 0 radical (unpaired) electrons. The number of aromatic nitrogens is 1. The lowest BCUT2D eigenvalue weighted by Crippen LogP contribution is -2.55. The minimum atomic E-state index is -0.536. The zero-order valence-corrected chi connectivity index (χ0v) is 16.8. The molecule has 29 heavy (non-hydrogen) atoms. The third kappa shape index (κ3) is 4.21. The Morgan fingerprint density at radius 2 is 2.10 bits per heavy atom. The number of rotatable bonds is 8. The van der Waals surface area contributed by atoms with Crippen LogP contribution in [0.1, 0.15) is 55.1 Å². The normalized spacial score (nSPS) is 23.3. The van der Waals surface area contributed by atoms with Gasteiger partial charge >= 0.3 is 0 Å². The number of carbonyl (C=O) groups is 3. The quantitative estimate of drug-likeness (QED) is 0.492. The standard InChI is InChI=1S/C21H29N5O3/c1-12(22)16(11-15-5-8-24-19(15)27)25-20(28)17(10-13-2-3-13)26-9-6-14-4-7-23-18(14)21(26)29/h4,7,13,15-17,22-23H,2-3,5-6,8-11H2,1H3,(H,24,27)(H,25,28)/t15-,16-,17-/m0/s1. The number of nitrogens with zero attached hydrogens (tertiary/aromatic N) is 1. The predicted molar refractivity (Wildman–Crippen MR) is 108 cm³/mol. The highest BCUT2D eigenvalue weighted by molar-refractivity contribution is 5.99. The zero-order valence-electron chi connectivity index (χ0n) is 16.8. The lowest BCUT2D eigenvalue weighted by Gasteiger charge is -2.35. The van der Waals surface area contributed by atoms with Gasteiger partial charge in [0.25, 0.3) is 5.91 Å². The summed E-state index contributed by atoms with van der Waals surface area (Å²) in [6.45, 7) is 2.82. The molecule has 3 amide bonds. The van der Waals surface area contributed by atoms with E-state index in [-0.39, 0.29) is 23.6 Å². The van der Waals surface area contributed by atoms with Crippen LogP contribution in [0.15, 0.2) is 12.3 Å². The summed E-state index contributed by atoms with van der Waals surface area (Å²) in [7, 11) is 0. The number of nitrogens with one attached hydrogen (secondary N) is 4. The molecular formula is C21H29N5O3. The van der Waals surface area contributed by atoms with Crippen molar-refractivity contribution >= 4 is 23.4 Å². The van der Waals surface area contributed by atoms with Crippen LogP contribution in [0.3, 0.4) is 0 Å². The van der Waals surface area contributed by atoms with Gasteiger partial charge in [-0.1, -0.05) is 12.8 Å². The summed E-state index contributed by atoms with van der Waals surface area (Å²) < 4.78 is 0. The number of aromatic amines is 1. The van der Waals surface area contributed by atoms with E-state index in [2.05, 4.69) is 15.6 Å². The largest absolute Gasteiger partial charge is 0.357 e. The van der Waals surface area contributed by atoms with Crippen LogP contribution in [0.4, 0.5) is 0 Å². The highest BCUT2D eigenvalue weighted by Crippen LogP contribution is 2.35. The average molecular weight is 399 g/mol. The van der Waals surface area contributed by atoms with Crippen LogP contribution in [-0.4, -0.2) is 58.5 Å². The first-order valence-corrected chi connectivity index (χ1v) is 10.5. The summed E-state index contributed by atoms with van der Waals surface area (Å²) in [6, 6.07) is 0.895. The summed E-state index contributed by atoms with van der Waals surface area (Å²) in [5.74, 6) is -0.0552. The lowest BCUT2D eigenvalue weighted by atomic mass is 9.95. The monoisotopic (exact) mass is 399 g/mol. The van der Waals surface area contributed by atoms with Crippen molar-refractivity contribution in [2.24, 2.45) is 11.8 Å². The smallest absolute Gasteiger partial charge is 0.271 e. The van der Waals surface area contributed by atoms with Gasteiger partial charge in [-0.3, -0.25) is 14.4 Å². The van der Waals surface area contributed by atoms with Crippen LogP contribution < -0.4 is 10.6 Å². The summed E-state index contributed by atoms with van der Waals surface area (Å²) >= 11 is 0. The van der Waals surface area contributed by atoms with Gasteiger partial charge in [0.05, 0.1) is 6.04 Å². The van der Waals surface area contributed by atoms with Crippen LogP contribution >= 0.6 is 0 Å². The Balaban J connectivity index is 1.48. The van der Waals surface area contributed by atoms with Crippen molar-refractivity contribution in [3.05, 3.63) is 23.5 Å². The number of hydrogen-bond donors (Lipinski definition) is 4. The Hall–Kier alpha value is -2.64. The lowest BCUT2D eigenvalue weighted by molar-refractivity contribution is -0.127. The molecule has 1 aromatic rings. The van der Waals surface area contributed by atoms with Crippen molar-refractivity contribution < 1.29 is 14.4 Å². The molecule has 2 aliphatic heterocycles. The van der Waals surface area contributed by atoms with Crippen LogP contribution in [0.25, 0.3) is 0 Å². The number of H-pyrrole nitrogens is 1. The predicted octanol–water partition coefficient (Wildman–Crippen LogP) is 1.23. The van der Waals surface area contributed by atoms with Crippen LogP contribution in [0.2, 0.25) is 0 Å². The number of fused-ring (bicyclic) bond motifs is 1. The van der Waals surface area contributed by atoms with E-state index >= 15 is 0 Å². The highest BCUT2D eigenvalue weighted by atomic mass is 16.2. The van der Waals surface area contributed by atoms with E-state index in [1.54, 1.807) is 18.0 Å². The van der Waals surface area contributed by atoms with Crippen molar-refractivity contribution in [2.75, 3.05) is 13.1 Å². The van der Waals surface area contributed by atoms with Gasteiger partial charge in [0.2, 0.25) is 11.8 Å². The number of carbonyl (C=O) groups excluding carboxylic acids is 3. The fourth-order valence-electron chi connectivity index (χ4n) is 4.40. The van der Waals surface area contributed by atoms with Crippen molar-refractivity contribution in [3.63, 3.8) is 0 Å². The third-order valence-corrected chi connectivity index (χ3v) is 6.38. The minimum absolute atomic E-state index is 0.00879. The van der Waals surface area contributed by atoms with Gasteiger partial charge in [-0.15, -0.1) is 0 Å². The van der Waals surface area contributed by atoms with Crippen LogP contribution in [0, 0.1) is 17.2 Å². The summed E-state index contributed by atoms with van der Waals surface area (Å²) in [5.41, 5.74) is 1.91. The molecule has 156 valence electrons. The second-order valence-electron chi connectivity index (χ2n) is 8.58. The summed E-state index contributed by atoms with van der Waals surface area (Å²) in [6.07, 6.45) is 6.49. The molecule has 2 fully saturated rings. The zero-order chi connectivity index (χ0) is 20.5. The van der Waals surface area contributed by atoms with Gasteiger partial charge in [-0.25, -0.2) is 0 Å². The molecule has 0 bridgehead atoms. The fraction of sp³-hybridized carbons (Fsp3) is 0.619. The molecule has 1 saturated heterocycles. The van der Waals surface area contributed by atoms with Crippen molar-refractivity contribution in [1.82, 2.24) is 20.5 Å². The van der Waals surface area contributed by atoms with E-state index in [0.717, 1.165) is 31.2 Å². The molecule has 1 aliphatic carbocycles. The van der Waals surface area contributed by atoms with Gasteiger partial charge in [0, 0.05) is 30.9 Å². The Kier molecular flexibility index (Phi) is 5.43. The Morgan fingerprint density at radius 1 is 1.31 bits per heavy atom. The van der Waals surface area contributed by atoms with Crippen LogP contribution in [-0.2, 0) is 16.0 Å². The first-order chi connectivity index (χ1) is 13.9. The molecule has 0 spiro atoms.